The first kappa shape index (κ1) is 22.2. The lowest BCUT2D eigenvalue weighted by atomic mass is 9.98. The van der Waals surface area contributed by atoms with Crippen molar-refractivity contribution in [1.29, 1.82) is 0 Å². The Bertz CT molecular complexity index is 1720. The van der Waals surface area contributed by atoms with Gasteiger partial charge < -0.3 is 0 Å². The molecule has 36 heavy (non-hydrogen) atoms. The molecule has 0 atom stereocenters. The van der Waals surface area contributed by atoms with Gasteiger partial charge in [-0.1, -0.05) is 0 Å². The van der Waals surface area contributed by atoms with Gasteiger partial charge in [0, 0.05) is 52.9 Å². The lowest BCUT2D eigenvalue weighted by Crippen LogP contribution is -1.99. The van der Waals surface area contributed by atoms with Crippen LogP contribution < -0.4 is 0 Å². The van der Waals surface area contributed by atoms with Gasteiger partial charge >= 0.3 is 0 Å². The maximum Gasteiger partial charge on any atom is 0.0925 e. The van der Waals surface area contributed by atoms with E-state index < -0.39 is 0 Å². The number of aryl methyl sites for hydroxylation is 6. The van der Waals surface area contributed by atoms with E-state index >= 15 is 0 Å². The van der Waals surface area contributed by atoms with Crippen LogP contribution >= 0.6 is 0 Å². The van der Waals surface area contributed by atoms with Crippen LogP contribution in [0.5, 0.6) is 0 Å². The van der Waals surface area contributed by atoms with Crippen molar-refractivity contribution in [3.8, 4) is 22.5 Å². The fraction of sp³-hybridized carbons (Fsp3) is 0.200. The summed E-state index contributed by atoms with van der Waals surface area (Å²) in [7, 11) is 0. The number of nitrogens with zero attached hydrogens (tertiary/aromatic N) is 6. The van der Waals surface area contributed by atoms with Crippen LogP contribution in [0.2, 0.25) is 0 Å². The van der Waals surface area contributed by atoms with E-state index in [2.05, 4.69) is 49.8 Å². The van der Waals surface area contributed by atoms with Crippen LogP contribution in [0, 0.1) is 41.5 Å². The fourth-order valence-corrected chi connectivity index (χ4v) is 5.05. The first-order valence-electron chi connectivity index (χ1n) is 12.0. The van der Waals surface area contributed by atoms with Crippen LogP contribution in [0.3, 0.4) is 0 Å². The molecule has 6 aromatic rings. The molecular weight excluding hydrogens is 444 g/mol. The van der Waals surface area contributed by atoms with Gasteiger partial charge in [0.2, 0.25) is 0 Å². The van der Waals surface area contributed by atoms with Gasteiger partial charge in [0.25, 0.3) is 0 Å². The van der Waals surface area contributed by atoms with E-state index in [0.717, 1.165) is 88.9 Å². The molecule has 0 spiro atoms. The van der Waals surface area contributed by atoms with Crippen LogP contribution in [0.15, 0.2) is 49.2 Å². The zero-order valence-corrected chi connectivity index (χ0v) is 21.3. The molecule has 0 aliphatic carbocycles. The lowest BCUT2D eigenvalue weighted by molar-refractivity contribution is 1.18. The Morgan fingerprint density at radius 3 is 2.06 bits per heavy atom. The van der Waals surface area contributed by atoms with Gasteiger partial charge in [0.05, 0.1) is 39.1 Å². The molecule has 0 bridgehead atoms. The average Bonchev–Trinajstić information content (AvgIpc) is 2.86. The SMILES string of the molecule is Cc1cc(-c2cnc3c(C)ccnc3c2C)nc2c(C)nc(-c3cnc4c(C)cncc4c3C)cc12. The third-order valence-electron chi connectivity index (χ3n) is 7.17. The van der Waals surface area contributed by atoms with Crippen LogP contribution in [0.4, 0.5) is 0 Å². The summed E-state index contributed by atoms with van der Waals surface area (Å²) >= 11 is 0. The van der Waals surface area contributed by atoms with Gasteiger partial charge in [-0.05, 0) is 87.6 Å². The second-order valence-corrected chi connectivity index (χ2v) is 9.58. The summed E-state index contributed by atoms with van der Waals surface area (Å²) < 4.78 is 0. The Balaban J connectivity index is 1.53. The second kappa shape index (κ2) is 8.12. The van der Waals surface area contributed by atoms with Gasteiger partial charge in [-0.2, -0.15) is 0 Å². The first-order valence-corrected chi connectivity index (χ1v) is 12.0. The summed E-state index contributed by atoms with van der Waals surface area (Å²) in [4.78, 5) is 28.5. The molecule has 6 aromatic heterocycles. The van der Waals surface area contributed by atoms with Crippen molar-refractivity contribution in [3.63, 3.8) is 0 Å². The van der Waals surface area contributed by atoms with Crippen molar-refractivity contribution in [2.45, 2.75) is 41.5 Å². The molecule has 0 aliphatic rings. The molecule has 6 rings (SSSR count). The maximum atomic E-state index is 5.06. The van der Waals surface area contributed by atoms with Crippen LogP contribution in [-0.2, 0) is 0 Å². The summed E-state index contributed by atoms with van der Waals surface area (Å²) in [5, 5.41) is 2.14. The number of pyridine rings is 6. The molecule has 6 heterocycles. The van der Waals surface area contributed by atoms with Crippen molar-refractivity contribution in [1.82, 2.24) is 29.9 Å². The smallest absolute Gasteiger partial charge is 0.0925 e. The molecule has 0 saturated heterocycles. The first-order chi connectivity index (χ1) is 17.3. The second-order valence-electron chi connectivity index (χ2n) is 9.58. The fourth-order valence-electron chi connectivity index (χ4n) is 5.05. The summed E-state index contributed by atoms with van der Waals surface area (Å²) in [6, 6.07) is 6.25. The lowest BCUT2D eigenvalue weighted by Gasteiger charge is -2.14. The summed E-state index contributed by atoms with van der Waals surface area (Å²) in [5.41, 5.74) is 13.9. The van der Waals surface area contributed by atoms with E-state index in [0.29, 0.717) is 0 Å². The predicted octanol–water partition coefficient (Wildman–Crippen LogP) is 6.70. The van der Waals surface area contributed by atoms with Crippen molar-refractivity contribution < 1.29 is 0 Å². The number of hydrogen-bond acceptors (Lipinski definition) is 6. The number of rotatable bonds is 2. The molecule has 0 fully saturated rings. The zero-order valence-electron chi connectivity index (χ0n) is 21.3. The molecule has 0 amide bonds. The van der Waals surface area contributed by atoms with E-state index in [-0.39, 0.29) is 0 Å². The summed E-state index contributed by atoms with van der Waals surface area (Å²) in [6.45, 7) is 12.5. The predicted molar refractivity (Wildman–Crippen MR) is 145 cm³/mol. The van der Waals surface area contributed by atoms with Crippen molar-refractivity contribution in [2.24, 2.45) is 0 Å². The molecule has 0 unspecified atom stereocenters. The van der Waals surface area contributed by atoms with E-state index in [1.807, 2.05) is 50.9 Å². The summed E-state index contributed by atoms with van der Waals surface area (Å²) in [6.07, 6.45) is 9.42. The molecule has 0 aromatic carbocycles. The molecule has 6 heteroatoms. The number of hydrogen-bond donors (Lipinski definition) is 0. The largest absolute Gasteiger partial charge is 0.264 e. The highest BCUT2D eigenvalue weighted by molar-refractivity contribution is 5.94. The normalized spacial score (nSPS) is 11.6. The Morgan fingerprint density at radius 2 is 1.25 bits per heavy atom. The Hall–Kier alpha value is -4.32. The van der Waals surface area contributed by atoms with E-state index in [9.17, 15) is 0 Å². The van der Waals surface area contributed by atoms with Crippen molar-refractivity contribution >= 4 is 32.8 Å². The van der Waals surface area contributed by atoms with Crippen LogP contribution in [-0.4, -0.2) is 29.9 Å². The van der Waals surface area contributed by atoms with Crippen molar-refractivity contribution in [3.05, 3.63) is 82.7 Å². The van der Waals surface area contributed by atoms with Crippen molar-refractivity contribution in [2.75, 3.05) is 0 Å². The van der Waals surface area contributed by atoms with Crippen LogP contribution in [0.1, 0.15) is 33.5 Å². The van der Waals surface area contributed by atoms with Gasteiger partial charge in [-0.15, -0.1) is 0 Å². The van der Waals surface area contributed by atoms with Gasteiger partial charge in [0.1, 0.15) is 0 Å². The molecule has 0 saturated carbocycles. The highest BCUT2D eigenvalue weighted by Crippen LogP contribution is 2.34. The Morgan fingerprint density at radius 1 is 0.528 bits per heavy atom. The highest BCUT2D eigenvalue weighted by Gasteiger charge is 2.16. The average molecular weight is 471 g/mol. The van der Waals surface area contributed by atoms with Gasteiger partial charge in [0.15, 0.2) is 0 Å². The van der Waals surface area contributed by atoms with E-state index in [4.69, 9.17) is 19.9 Å². The third kappa shape index (κ3) is 3.33. The van der Waals surface area contributed by atoms with Gasteiger partial charge in [-0.25, -0.2) is 4.98 Å². The molecule has 0 N–H and O–H groups in total. The molecule has 0 aliphatic heterocycles. The highest BCUT2D eigenvalue weighted by atomic mass is 14.8. The quantitative estimate of drug-likeness (QED) is 0.280. The monoisotopic (exact) mass is 470 g/mol. The third-order valence-corrected chi connectivity index (χ3v) is 7.17. The minimum absolute atomic E-state index is 0.884. The Kier molecular flexibility index (Phi) is 5.00. The molecule has 176 valence electrons. The number of fused-ring (bicyclic) bond motifs is 3. The minimum Gasteiger partial charge on any atom is -0.264 e. The minimum atomic E-state index is 0.884. The van der Waals surface area contributed by atoms with E-state index in [1.165, 1.54) is 0 Å². The van der Waals surface area contributed by atoms with Crippen LogP contribution in [0.25, 0.3) is 55.4 Å². The zero-order chi connectivity index (χ0) is 25.1. The molecular formula is C30H26N6. The molecule has 6 nitrogen and oxygen atoms in total. The van der Waals surface area contributed by atoms with E-state index in [1.54, 1.807) is 0 Å². The molecule has 0 radical (unpaired) electrons. The topological polar surface area (TPSA) is 77.3 Å². The Labute approximate surface area is 209 Å². The standard InChI is InChI=1S/C30H26N6/c1-15-7-8-32-29-19(5)23(14-34-28(15)29)25-9-16(2)21-10-26(35-20(6)30(21)36-25)22-13-33-27-17(3)11-31-12-24(27)18(22)4/h7-14H,1-6H3. The van der Waals surface area contributed by atoms with Gasteiger partial charge in [-0.3, -0.25) is 24.9 Å². The number of aromatic nitrogens is 6. The summed E-state index contributed by atoms with van der Waals surface area (Å²) in [5.74, 6) is 0. The maximum absolute atomic E-state index is 5.06.